The molecule has 0 aliphatic rings. The fraction of sp³-hybridized carbons (Fsp3) is 0.125. The van der Waals surface area contributed by atoms with E-state index in [4.69, 9.17) is 0 Å². The molecule has 2 aromatic heterocycles. The molecule has 0 amide bonds. The van der Waals surface area contributed by atoms with Crippen LogP contribution in [0.5, 0.6) is 0 Å². The molecular weight excluding hydrogens is 154 g/mol. The van der Waals surface area contributed by atoms with E-state index in [0.29, 0.717) is 5.69 Å². The van der Waals surface area contributed by atoms with E-state index in [1.54, 1.807) is 6.20 Å². The Morgan fingerprint density at radius 3 is 2.92 bits per heavy atom. The van der Waals surface area contributed by atoms with Gasteiger partial charge in [0.1, 0.15) is 0 Å². The Morgan fingerprint density at radius 2 is 2.25 bits per heavy atom. The number of rotatable bonds is 1. The zero-order valence-corrected chi connectivity index (χ0v) is 6.56. The van der Waals surface area contributed by atoms with Gasteiger partial charge in [-0.3, -0.25) is 4.98 Å². The molecule has 2 heterocycles. The summed E-state index contributed by atoms with van der Waals surface area (Å²) < 4.78 is 4.61. The van der Waals surface area contributed by atoms with Gasteiger partial charge in [0, 0.05) is 11.5 Å². The van der Waals surface area contributed by atoms with Crippen LogP contribution in [0.1, 0.15) is 5.56 Å². The maximum Gasteiger partial charge on any atom is 0.153 e. The standard InChI is InChI=1S/C8H7N3O/c1-6-2-3-9-7(4-6)8-5-12-11-10-8/h2-5H,1H3. The van der Waals surface area contributed by atoms with Gasteiger partial charge in [0.15, 0.2) is 12.0 Å². The first-order valence-corrected chi connectivity index (χ1v) is 3.56. The highest BCUT2D eigenvalue weighted by atomic mass is 16.5. The smallest absolute Gasteiger partial charge is 0.153 e. The SMILES string of the molecule is Cc1ccnc(-c2conn2)c1. The Morgan fingerprint density at radius 1 is 1.33 bits per heavy atom. The summed E-state index contributed by atoms with van der Waals surface area (Å²) in [5, 5.41) is 7.11. The molecule has 4 nitrogen and oxygen atoms in total. The van der Waals surface area contributed by atoms with Crippen LogP contribution < -0.4 is 0 Å². The van der Waals surface area contributed by atoms with E-state index >= 15 is 0 Å². The summed E-state index contributed by atoms with van der Waals surface area (Å²) in [4.78, 5) is 4.12. The Kier molecular flexibility index (Phi) is 1.59. The molecule has 12 heavy (non-hydrogen) atoms. The van der Waals surface area contributed by atoms with Crippen LogP contribution in [0.15, 0.2) is 29.1 Å². The number of hydrogen-bond donors (Lipinski definition) is 0. The van der Waals surface area contributed by atoms with Crippen molar-refractivity contribution in [2.45, 2.75) is 6.92 Å². The van der Waals surface area contributed by atoms with Crippen LogP contribution in [0, 0.1) is 6.92 Å². The molecule has 0 saturated heterocycles. The summed E-state index contributed by atoms with van der Waals surface area (Å²) in [5.74, 6) is 0. The van der Waals surface area contributed by atoms with E-state index in [1.165, 1.54) is 6.26 Å². The van der Waals surface area contributed by atoms with Crippen molar-refractivity contribution in [3.63, 3.8) is 0 Å². The van der Waals surface area contributed by atoms with Crippen molar-refractivity contribution in [3.8, 4) is 11.4 Å². The summed E-state index contributed by atoms with van der Waals surface area (Å²) in [7, 11) is 0. The van der Waals surface area contributed by atoms with Gasteiger partial charge in [-0.1, -0.05) is 0 Å². The molecule has 0 bridgehead atoms. The lowest BCUT2D eigenvalue weighted by atomic mass is 10.2. The van der Waals surface area contributed by atoms with Crippen LogP contribution in [-0.4, -0.2) is 15.4 Å². The molecule has 0 atom stereocenters. The average Bonchev–Trinajstić information content (AvgIpc) is 2.56. The van der Waals surface area contributed by atoms with Gasteiger partial charge in [-0.15, -0.1) is 5.10 Å². The normalized spacial score (nSPS) is 10.1. The third-order valence-corrected chi connectivity index (χ3v) is 1.54. The molecule has 0 aliphatic heterocycles. The number of nitrogens with zero attached hydrogens (tertiary/aromatic N) is 3. The zero-order valence-electron chi connectivity index (χ0n) is 6.56. The maximum atomic E-state index is 4.61. The minimum Gasteiger partial charge on any atom is -0.345 e. The fourth-order valence-corrected chi connectivity index (χ4v) is 0.952. The molecule has 2 rings (SSSR count). The first-order valence-electron chi connectivity index (χ1n) is 3.56. The summed E-state index contributed by atoms with van der Waals surface area (Å²) in [5.41, 5.74) is 2.60. The molecule has 0 saturated carbocycles. The van der Waals surface area contributed by atoms with E-state index in [1.807, 2.05) is 19.1 Å². The van der Waals surface area contributed by atoms with Gasteiger partial charge in [0.05, 0.1) is 5.69 Å². The summed E-state index contributed by atoms with van der Waals surface area (Å²) in [6, 6.07) is 3.86. The largest absolute Gasteiger partial charge is 0.345 e. The summed E-state index contributed by atoms with van der Waals surface area (Å²) >= 11 is 0. The first kappa shape index (κ1) is 6.97. The quantitative estimate of drug-likeness (QED) is 0.635. The highest BCUT2D eigenvalue weighted by Crippen LogP contribution is 2.13. The van der Waals surface area contributed by atoms with E-state index in [9.17, 15) is 0 Å². The molecule has 0 aliphatic carbocycles. The van der Waals surface area contributed by atoms with Gasteiger partial charge in [0.25, 0.3) is 0 Å². The third-order valence-electron chi connectivity index (χ3n) is 1.54. The molecule has 4 heteroatoms. The minimum absolute atomic E-state index is 0.665. The number of pyridine rings is 1. The molecular formula is C8H7N3O. The molecule has 60 valence electrons. The second-order valence-electron chi connectivity index (χ2n) is 2.51. The summed E-state index contributed by atoms with van der Waals surface area (Å²) in [6.45, 7) is 2.00. The van der Waals surface area contributed by atoms with Crippen LogP contribution in [0.25, 0.3) is 11.4 Å². The zero-order chi connectivity index (χ0) is 8.39. The molecule has 2 aromatic rings. The van der Waals surface area contributed by atoms with Crippen molar-refractivity contribution < 1.29 is 4.52 Å². The summed E-state index contributed by atoms with van der Waals surface area (Å²) in [6.07, 6.45) is 3.21. The van der Waals surface area contributed by atoms with Crippen molar-refractivity contribution in [1.82, 2.24) is 15.4 Å². The monoisotopic (exact) mass is 161 g/mol. The van der Waals surface area contributed by atoms with Crippen LogP contribution in [0.2, 0.25) is 0 Å². The van der Waals surface area contributed by atoms with Crippen LogP contribution in [0.3, 0.4) is 0 Å². The van der Waals surface area contributed by atoms with Crippen molar-refractivity contribution >= 4 is 0 Å². The fourth-order valence-electron chi connectivity index (χ4n) is 0.952. The highest BCUT2D eigenvalue weighted by molar-refractivity contribution is 5.51. The molecule has 0 unspecified atom stereocenters. The number of hydrogen-bond acceptors (Lipinski definition) is 4. The van der Waals surface area contributed by atoms with E-state index in [-0.39, 0.29) is 0 Å². The van der Waals surface area contributed by atoms with Gasteiger partial charge in [0.2, 0.25) is 0 Å². The molecule has 0 fully saturated rings. The predicted molar refractivity (Wildman–Crippen MR) is 42.3 cm³/mol. The molecule has 0 spiro atoms. The van der Waals surface area contributed by atoms with E-state index in [0.717, 1.165) is 11.3 Å². The Labute approximate surface area is 69.2 Å². The second-order valence-corrected chi connectivity index (χ2v) is 2.51. The molecule has 0 radical (unpaired) electrons. The van der Waals surface area contributed by atoms with Crippen molar-refractivity contribution in [2.24, 2.45) is 0 Å². The Balaban J connectivity index is 2.48. The maximum absolute atomic E-state index is 4.61. The second kappa shape index (κ2) is 2.73. The highest BCUT2D eigenvalue weighted by Gasteiger charge is 2.02. The van der Waals surface area contributed by atoms with Gasteiger partial charge in [-0.05, 0) is 24.6 Å². The lowest BCUT2D eigenvalue weighted by Gasteiger charge is -1.94. The number of aromatic nitrogens is 3. The number of aryl methyl sites for hydroxylation is 1. The van der Waals surface area contributed by atoms with Crippen molar-refractivity contribution in [2.75, 3.05) is 0 Å². The predicted octanol–water partition coefficient (Wildman–Crippen LogP) is 1.44. The molecule has 0 aromatic carbocycles. The lowest BCUT2D eigenvalue weighted by molar-refractivity contribution is 0.393. The Hall–Kier alpha value is -1.71. The van der Waals surface area contributed by atoms with Crippen molar-refractivity contribution in [1.29, 1.82) is 0 Å². The van der Waals surface area contributed by atoms with Gasteiger partial charge < -0.3 is 4.52 Å². The topological polar surface area (TPSA) is 51.8 Å². The van der Waals surface area contributed by atoms with Crippen LogP contribution >= 0.6 is 0 Å². The Bertz CT molecular complexity index is 370. The lowest BCUT2D eigenvalue weighted by Crippen LogP contribution is -1.83. The first-order chi connectivity index (χ1) is 5.86. The average molecular weight is 161 g/mol. The van der Waals surface area contributed by atoms with E-state index in [2.05, 4.69) is 19.9 Å². The minimum atomic E-state index is 0.665. The van der Waals surface area contributed by atoms with Gasteiger partial charge in [-0.25, -0.2) is 0 Å². The van der Waals surface area contributed by atoms with Crippen LogP contribution in [0.4, 0.5) is 0 Å². The van der Waals surface area contributed by atoms with Gasteiger partial charge >= 0.3 is 0 Å². The third kappa shape index (κ3) is 1.18. The molecule has 0 N–H and O–H groups in total. The van der Waals surface area contributed by atoms with Crippen molar-refractivity contribution in [3.05, 3.63) is 30.2 Å². The van der Waals surface area contributed by atoms with E-state index < -0.39 is 0 Å². The van der Waals surface area contributed by atoms with Crippen LogP contribution in [-0.2, 0) is 0 Å². The van der Waals surface area contributed by atoms with Gasteiger partial charge in [-0.2, -0.15) is 0 Å².